The molecule has 0 unspecified atom stereocenters. The van der Waals surface area contributed by atoms with Gasteiger partial charge >= 0.3 is 0 Å². The van der Waals surface area contributed by atoms with Crippen LogP contribution in [0.2, 0.25) is 0 Å². The number of benzene rings is 1. The fourth-order valence-electron chi connectivity index (χ4n) is 3.26. The van der Waals surface area contributed by atoms with Crippen LogP contribution < -0.4 is 10.0 Å². The summed E-state index contributed by atoms with van der Waals surface area (Å²) >= 11 is 3.36. The predicted octanol–water partition coefficient (Wildman–Crippen LogP) is 1.65. The van der Waals surface area contributed by atoms with E-state index in [4.69, 9.17) is 0 Å². The Balaban J connectivity index is 1.49. The first-order valence-corrected chi connectivity index (χ1v) is 12.2. The Morgan fingerprint density at radius 2 is 1.86 bits per heavy atom. The summed E-state index contributed by atoms with van der Waals surface area (Å²) in [6.45, 7) is 9.16. The third-order valence-corrected chi connectivity index (χ3v) is 7.45. The lowest BCUT2D eigenvalue weighted by molar-refractivity contribution is 0.0947. The molecule has 7 nitrogen and oxygen atoms in total. The summed E-state index contributed by atoms with van der Waals surface area (Å²) < 4.78 is 28.0. The molecule has 1 saturated carbocycles. The summed E-state index contributed by atoms with van der Waals surface area (Å²) in [5.74, 6) is -0.258. The summed E-state index contributed by atoms with van der Waals surface area (Å²) in [7, 11) is -3.58. The minimum atomic E-state index is -3.58. The van der Waals surface area contributed by atoms with E-state index in [1.807, 2.05) is 0 Å². The van der Waals surface area contributed by atoms with E-state index in [1.165, 1.54) is 12.1 Å². The van der Waals surface area contributed by atoms with Crippen molar-refractivity contribution in [2.45, 2.75) is 37.1 Å². The van der Waals surface area contributed by atoms with Gasteiger partial charge in [0.15, 0.2) is 0 Å². The Kier molecular flexibility index (Phi) is 7.49. The molecule has 9 heteroatoms. The summed E-state index contributed by atoms with van der Waals surface area (Å²) in [4.78, 5) is 17.5. The largest absolute Gasteiger partial charge is 0.352 e. The van der Waals surface area contributed by atoms with Crippen molar-refractivity contribution in [1.29, 1.82) is 0 Å². The Morgan fingerprint density at radius 3 is 2.50 bits per heavy atom. The number of nitrogens with one attached hydrogen (secondary N) is 2. The smallest absolute Gasteiger partial charge is 0.252 e. The second-order valence-electron chi connectivity index (χ2n) is 7.42. The van der Waals surface area contributed by atoms with Crippen LogP contribution in [-0.2, 0) is 10.0 Å². The average Bonchev–Trinajstić information content (AvgIpc) is 3.49. The van der Waals surface area contributed by atoms with E-state index < -0.39 is 10.0 Å². The molecule has 2 N–H and O–H groups in total. The Morgan fingerprint density at radius 1 is 1.18 bits per heavy atom. The van der Waals surface area contributed by atoms with E-state index in [0.717, 1.165) is 58.5 Å². The van der Waals surface area contributed by atoms with E-state index in [-0.39, 0.29) is 16.8 Å². The second-order valence-corrected chi connectivity index (χ2v) is 9.99. The fourth-order valence-corrected chi connectivity index (χ4v) is 5.02. The number of sulfonamides is 1. The third kappa shape index (κ3) is 6.00. The lowest BCUT2D eigenvalue weighted by atomic mass is 10.2. The van der Waals surface area contributed by atoms with Gasteiger partial charge in [-0.1, -0.05) is 6.92 Å². The quantitative estimate of drug-likeness (QED) is 0.534. The highest BCUT2D eigenvalue weighted by atomic mass is 79.9. The fraction of sp³-hybridized carbons (Fsp3) is 0.632. The minimum Gasteiger partial charge on any atom is -0.352 e. The van der Waals surface area contributed by atoms with E-state index in [0.29, 0.717) is 16.6 Å². The average molecular weight is 473 g/mol. The van der Waals surface area contributed by atoms with E-state index >= 15 is 0 Å². The summed E-state index contributed by atoms with van der Waals surface area (Å²) in [5.41, 5.74) is 0.343. The molecule has 1 aliphatic carbocycles. The van der Waals surface area contributed by atoms with Gasteiger partial charge in [0, 0.05) is 43.2 Å². The molecular weight excluding hydrogens is 444 g/mol. The first kappa shape index (κ1) is 21.7. The molecule has 28 heavy (non-hydrogen) atoms. The standard InChI is InChI=1S/C19H29BrN4O3S/c1-2-23-10-12-24(13-11-23)9-3-8-21-19(25)17-14-16(6-7-18(17)20)28(26,27)22-15-4-5-15/h6-7,14-15,22H,2-5,8-13H2,1H3,(H,21,25). The minimum absolute atomic E-state index is 0.0325. The first-order chi connectivity index (χ1) is 13.4. The maximum absolute atomic E-state index is 12.5. The predicted molar refractivity (Wildman–Crippen MR) is 113 cm³/mol. The molecule has 2 fully saturated rings. The van der Waals surface area contributed by atoms with Gasteiger partial charge in [-0.3, -0.25) is 4.79 Å². The Hall–Kier alpha value is -1.00. The number of likely N-dealkylation sites (N-methyl/N-ethyl adjacent to an activating group) is 1. The highest BCUT2D eigenvalue weighted by Crippen LogP contribution is 2.25. The molecule has 2 aliphatic rings. The van der Waals surface area contributed by atoms with Gasteiger partial charge in [0.1, 0.15) is 0 Å². The lowest BCUT2D eigenvalue weighted by Crippen LogP contribution is -2.46. The normalized spacial score (nSPS) is 18.9. The van der Waals surface area contributed by atoms with Crippen LogP contribution in [0.4, 0.5) is 0 Å². The molecule has 3 rings (SSSR count). The van der Waals surface area contributed by atoms with E-state index in [2.05, 4.69) is 42.7 Å². The molecule has 1 aromatic rings. The molecule has 1 amide bonds. The zero-order chi connectivity index (χ0) is 20.1. The third-order valence-electron chi connectivity index (χ3n) is 5.24. The molecule has 1 aromatic carbocycles. The van der Waals surface area contributed by atoms with Crippen LogP contribution in [0.3, 0.4) is 0 Å². The Bertz CT molecular complexity index is 790. The highest BCUT2D eigenvalue weighted by Gasteiger charge is 2.28. The van der Waals surface area contributed by atoms with Crippen LogP contribution in [0, 0.1) is 0 Å². The monoisotopic (exact) mass is 472 g/mol. The van der Waals surface area contributed by atoms with Gasteiger partial charge in [0.05, 0.1) is 10.5 Å². The molecular formula is C19H29BrN4O3S. The van der Waals surface area contributed by atoms with Crippen LogP contribution in [0.1, 0.15) is 36.5 Å². The van der Waals surface area contributed by atoms with Crippen molar-refractivity contribution in [3.05, 3.63) is 28.2 Å². The van der Waals surface area contributed by atoms with Gasteiger partial charge in [-0.2, -0.15) is 0 Å². The van der Waals surface area contributed by atoms with E-state index in [1.54, 1.807) is 6.07 Å². The van der Waals surface area contributed by atoms with Crippen molar-refractivity contribution in [3.8, 4) is 0 Å². The number of hydrogen-bond acceptors (Lipinski definition) is 5. The SMILES string of the molecule is CCN1CCN(CCCNC(=O)c2cc(S(=O)(=O)NC3CC3)ccc2Br)CC1. The first-order valence-electron chi connectivity index (χ1n) is 9.94. The molecule has 0 bridgehead atoms. The number of carbonyl (C=O) groups is 1. The molecule has 0 atom stereocenters. The number of rotatable bonds is 9. The van der Waals surface area contributed by atoms with Crippen LogP contribution in [0.15, 0.2) is 27.6 Å². The van der Waals surface area contributed by atoms with E-state index in [9.17, 15) is 13.2 Å². The van der Waals surface area contributed by atoms with Gasteiger partial charge in [-0.05, 0) is 66.5 Å². The number of halogens is 1. The van der Waals surface area contributed by atoms with Crippen LogP contribution >= 0.6 is 15.9 Å². The molecule has 156 valence electrons. The number of carbonyl (C=O) groups excluding carboxylic acids is 1. The maximum Gasteiger partial charge on any atom is 0.252 e. The van der Waals surface area contributed by atoms with Gasteiger partial charge in [-0.25, -0.2) is 13.1 Å². The van der Waals surface area contributed by atoms with Crippen LogP contribution in [-0.4, -0.2) is 76.0 Å². The number of piperazine rings is 1. The van der Waals surface area contributed by atoms with Crippen molar-refractivity contribution in [2.75, 3.05) is 45.8 Å². The lowest BCUT2D eigenvalue weighted by Gasteiger charge is -2.33. The Labute approximate surface area is 176 Å². The zero-order valence-electron chi connectivity index (χ0n) is 16.3. The van der Waals surface area contributed by atoms with Gasteiger partial charge in [0.2, 0.25) is 10.0 Å². The van der Waals surface area contributed by atoms with Gasteiger partial charge in [0.25, 0.3) is 5.91 Å². The van der Waals surface area contributed by atoms with Crippen molar-refractivity contribution in [2.24, 2.45) is 0 Å². The number of amides is 1. The van der Waals surface area contributed by atoms with Crippen molar-refractivity contribution >= 4 is 31.9 Å². The molecule has 0 radical (unpaired) electrons. The topological polar surface area (TPSA) is 81.8 Å². The second kappa shape index (κ2) is 9.67. The maximum atomic E-state index is 12.5. The summed E-state index contributed by atoms with van der Waals surface area (Å²) in [5, 5.41) is 2.91. The van der Waals surface area contributed by atoms with Crippen LogP contribution in [0.25, 0.3) is 0 Å². The zero-order valence-corrected chi connectivity index (χ0v) is 18.7. The molecule has 1 aliphatic heterocycles. The summed E-state index contributed by atoms with van der Waals surface area (Å²) in [6.07, 6.45) is 2.61. The molecule has 1 heterocycles. The van der Waals surface area contributed by atoms with Gasteiger partial charge in [-0.15, -0.1) is 0 Å². The van der Waals surface area contributed by atoms with Crippen LogP contribution in [0.5, 0.6) is 0 Å². The summed E-state index contributed by atoms with van der Waals surface area (Å²) in [6, 6.07) is 4.60. The highest BCUT2D eigenvalue weighted by molar-refractivity contribution is 9.10. The van der Waals surface area contributed by atoms with Crippen molar-refractivity contribution < 1.29 is 13.2 Å². The van der Waals surface area contributed by atoms with Crippen molar-refractivity contribution in [3.63, 3.8) is 0 Å². The van der Waals surface area contributed by atoms with Gasteiger partial charge < -0.3 is 15.1 Å². The molecule has 0 aromatic heterocycles. The molecule has 1 saturated heterocycles. The molecule has 0 spiro atoms. The number of hydrogen-bond donors (Lipinski definition) is 2. The van der Waals surface area contributed by atoms with Crippen molar-refractivity contribution in [1.82, 2.24) is 19.8 Å². The number of nitrogens with zero attached hydrogens (tertiary/aromatic N) is 2.